The zero-order valence-corrected chi connectivity index (χ0v) is 17.6. The van der Waals surface area contributed by atoms with Crippen molar-refractivity contribution in [3.05, 3.63) is 59.4 Å². The first-order chi connectivity index (χ1) is 15.9. The lowest BCUT2D eigenvalue weighted by atomic mass is 9.80. The topological polar surface area (TPSA) is 187 Å². The van der Waals surface area contributed by atoms with Crippen LogP contribution in [0.3, 0.4) is 0 Å². The van der Waals surface area contributed by atoms with E-state index in [1.807, 2.05) is 12.1 Å². The van der Waals surface area contributed by atoms with Crippen LogP contribution in [0.25, 0.3) is 17.0 Å². The van der Waals surface area contributed by atoms with Crippen LogP contribution < -0.4 is 27.0 Å². The third-order valence-corrected chi connectivity index (χ3v) is 4.88. The van der Waals surface area contributed by atoms with E-state index in [1.54, 1.807) is 30.3 Å². The molecule has 33 heavy (non-hydrogen) atoms. The first-order valence-electron chi connectivity index (χ1n) is 9.90. The van der Waals surface area contributed by atoms with E-state index >= 15 is 0 Å². The smallest absolute Gasteiger partial charge is 0.468 e. The molecule has 0 fully saturated rings. The third kappa shape index (κ3) is 4.46. The van der Waals surface area contributed by atoms with Crippen molar-refractivity contribution in [1.29, 1.82) is 0 Å². The Labute approximate surface area is 188 Å². The van der Waals surface area contributed by atoms with Gasteiger partial charge in [0.05, 0.1) is 18.1 Å². The van der Waals surface area contributed by atoms with E-state index < -0.39 is 13.0 Å². The lowest BCUT2D eigenvalue weighted by Gasteiger charge is -2.11. The number of carbonyl (C=O) groups is 1. The number of nitrogens with zero attached hydrogens (tertiary/aromatic N) is 5. The maximum Gasteiger partial charge on any atom is 0.488 e. The number of carbonyl (C=O) groups excluding carboxylic acids is 1. The van der Waals surface area contributed by atoms with Crippen LogP contribution in [0.2, 0.25) is 0 Å². The number of nitrogens with one attached hydrogen (secondary N) is 1. The highest BCUT2D eigenvalue weighted by atomic mass is 16.5. The number of aromatic nitrogens is 5. The fourth-order valence-electron chi connectivity index (χ4n) is 3.33. The molecule has 0 spiro atoms. The molecule has 0 bridgehead atoms. The van der Waals surface area contributed by atoms with Crippen molar-refractivity contribution in [2.24, 2.45) is 11.5 Å². The summed E-state index contributed by atoms with van der Waals surface area (Å²) in [5, 5.41) is 21.7. The van der Waals surface area contributed by atoms with Crippen molar-refractivity contribution in [3.63, 3.8) is 0 Å². The molecule has 0 aliphatic carbocycles. The quantitative estimate of drug-likeness (QED) is 0.211. The SMILES string of the molecule is COc1nc2c(CN)cccc2n1-c1nc(NCc2cccc(B(O)O)c2)nc(C(N)=O)n1. The minimum Gasteiger partial charge on any atom is -0.468 e. The summed E-state index contributed by atoms with van der Waals surface area (Å²) in [7, 11) is -0.131. The Hall–Kier alpha value is -4.07. The number of hydrogen-bond donors (Lipinski definition) is 5. The van der Waals surface area contributed by atoms with Gasteiger partial charge in [0.1, 0.15) is 0 Å². The standard InChI is InChI=1S/C20H21BN8O4/c1-33-20-25-15-12(9-22)5-3-7-14(15)29(20)19-27-17(16(23)30)26-18(28-19)24-10-11-4-2-6-13(8-11)21(31)32/h2-8,31-32H,9-10,22H2,1H3,(H2,23,30)(H,24,26,27,28). The average Bonchev–Trinajstić information content (AvgIpc) is 3.21. The molecular formula is C20H21BN8O4. The lowest BCUT2D eigenvalue weighted by molar-refractivity contribution is 0.0990. The van der Waals surface area contributed by atoms with Crippen molar-refractivity contribution in [2.75, 3.05) is 12.4 Å². The second-order valence-electron chi connectivity index (χ2n) is 7.04. The second-order valence-corrected chi connectivity index (χ2v) is 7.04. The van der Waals surface area contributed by atoms with Gasteiger partial charge in [0.15, 0.2) is 0 Å². The molecule has 1 amide bonds. The Bertz CT molecular complexity index is 1330. The van der Waals surface area contributed by atoms with Crippen LogP contribution in [-0.4, -0.2) is 54.7 Å². The van der Waals surface area contributed by atoms with Gasteiger partial charge >= 0.3 is 13.1 Å². The highest BCUT2D eigenvalue weighted by Crippen LogP contribution is 2.27. The minimum atomic E-state index is -1.59. The summed E-state index contributed by atoms with van der Waals surface area (Å²) in [5.74, 6) is -0.920. The van der Waals surface area contributed by atoms with Crippen LogP contribution in [0.15, 0.2) is 42.5 Å². The van der Waals surface area contributed by atoms with Crippen LogP contribution in [0.5, 0.6) is 6.01 Å². The zero-order chi connectivity index (χ0) is 23.5. The predicted molar refractivity (Wildman–Crippen MR) is 121 cm³/mol. The number of hydrogen-bond acceptors (Lipinski definition) is 10. The summed E-state index contributed by atoms with van der Waals surface area (Å²) in [5.41, 5.74) is 14.4. The highest BCUT2D eigenvalue weighted by molar-refractivity contribution is 6.58. The van der Waals surface area contributed by atoms with Gasteiger partial charge in [-0.2, -0.15) is 19.9 Å². The van der Waals surface area contributed by atoms with Gasteiger partial charge in [-0.05, 0) is 22.7 Å². The van der Waals surface area contributed by atoms with Crippen molar-refractivity contribution in [1.82, 2.24) is 24.5 Å². The van der Waals surface area contributed by atoms with Crippen LogP contribution in [-0.2, 0) is 13.1 Å². The molecule has 13 heteroatoms. The zero-order valence-electron chi connectivity index (χ0n) is 17.6. The van der Waals surface area contributed by atoms with Crippen molar-refractivity contribution in [2.45, 2.75) is 13.1 Å². The van der Waals surface area contributed by atoms with Gasteiger partial charge in [-0.15, -0.1) is 0 Å². The number of methoxy groups -OCH3 is 1. The molecule has 0 aliphatic heterocycles. The first kappa shape index (κ1) is 22.1. The van der Waals surface area contributed by atoms with E-state index in [2.05, 4.69) is 25.3 Å². The van der Waals surface area contributed by atoms with Crippen molar-refractivity contribution >= 4 is 35.5 Å². The van der Waals surface area contributed by atoms with Gasteiger partial charge in [0, 0.05) is 13.1 Å². The number of fused-ring (bicyclic) bond motifs is 1. The van der Waals surface area contributed by atoms with Crippen molar-refractivity contribution < 1.29 is 19.6 Å². The molecule has 0 radical (unpaired) electrons. The predicted octanol–water partition coefficient (Wildman–Crippen LogP) is -0.931. The number of para-hydroxylation sites is 1. The molecule has 168 valence electrons. The molecule has 0 unspecified atom stereocenters. The molecule has 4 rings (SSSR count). The molecule has 0 aliphatic rings. The number of amides is 1. The van der Waals surface area contributed by atoms with Gasteiger partial charge in [0.2, 0.25) is 17.7 Å². The molecule has 2 aromatic heterocycles. The van der Waals surface area contributed by atoms with E-state index in [-0.39, 0.29) is 36.8 Å². The first-order valence-corrected chi connectivity index (χ1v) is 9.90. The Kier molecular flexibility index (Phi) is 6.17. The molecular weight excluding hydrogens is 427 g/mol. The van der Waals surface area contributed by atoms with Gasteiger partial charge < -0.3 is 31.6 Å². The summed E-state index contributed by atoms with van der Waals surface area (Å²) in [6.45, 7) is 0.511. The molecule has 2 aromatic carbocycles. The molecule has 12 nitrogen and oxygen atoms in total. The number of anilines is 1. The van der Waals surface area contributed by atoms with Crippen LogP contribution in [0, 0.1) is 0 Å². The fraction of sp³-hybridized carbons (Fsp3) is 0.150. The molecule has 2 heterocycles. The average molecular weight is 448 g/mol. The van der Waals surface area contributed by atoms with Crippen LogP contribution >= 0.6 is 0 Å². The van der Waals surface area contributed by atoms with Gasteiger partial charge in [0.25, 0.3) is 5.91 Å². The Morgan fingerprint density at radius 2 is 1.94 bits per heavy atom. The Morgan fingerprint density at radius 3 is 2.64 bits per heavy atom. The third-order valence-electron chi connectivity index (χ3n) is 4.88. The summed E-state index contributed by atoms with van der Waals surface area (Å²) >= 11 is 0. The molecule has 4 aromatic rings. The van der Waals surface area contributed by atoms with E-state index in [0.29, 0.717) is 16.5 Å². The largest absolute Gasteiger partial charge is 0.488 e. The summed E-state index contributed by atoms with van der Waals surface area (Å²) < 4.78 is 6.95. The van der Waals surface area contributed by atoms with E-state index in [1.165, 1.54) is 11.7 Å². The molecule has 0 saturated carbocycles. The molecule has 0 atom stereocenters. The normalized spacial score (nSPS) is 10.9. The number of primary amides is 1. The summed E-state index contributed by atoms with van der Waals surface area (Å²) in [6.07, 6.45) is 0. The molecule has 0 saturated heterocycles. The monoisotopic (exact) mass is 448 g/mol. The highest BCUT2D eigenvalue weighted by Gasteiger charge is 2.20. The number of rotatable bonds is 8. The summed E-state index contributed by atoms with van der Waals surface area (Å²) in [4.78, 5) is 29.1. The maximum atomic E-state index is 11.9. The number of nitrogens with two attached hydrogens (primary N) is 2. The second kappa shape index (κ2) is 9.20. The number of imidazole rings is 1. The van der Waals surface area contributed by atoms with Crippen LogP contribution in [0.4, 0.5) is 5.95 Å². The number of benzene rings is 2. The lowest BCUT2D eigenvalue weighted by Crippen LogP contribution is -2.30. The fourth-order valence-corrected chi connectivity index (χ4v) is 3.33. The summed E-state index contributed by atoms with van der Waals surface area (Å²) in [6, 6.07) is 12.4. The van der Waals surface area contributed by atoms with E-state index in [9.17, 15) is 14.8 Å². The van der Waals surface area contributed by atoms with E-state index in [4.69, 9.17) is 16.2 Å². The Morgan fingerprint density at radius 1 is 1.15 bits per heavy atom. The van der Waals surface area contributed by atoms with Crippen LogP contribution in [0.1, 0.15) is 21.7 Å². The van der Waals surface area contributed by atoms with Gasteiger partial charge in [-0.1, -0.05) is 36.4 Å². The van der Waals surface area contributed by atoms with Gasteiger partial charge in [-0.25, -0.2) is 4.57 Å². The van der Waals surface area contributed by atoms with Crippen molar-refractivity contribution in [3.8, 4) is 12.0 Å². The van der Waals surface area contributed by atoms with E-state index in [0.717, 1.165) is 11.1 Å². The number of ether oxygens (including phenoxy) is 1. The Balaban J connectivity index is 1.76. The van der Waals surface area contributed by atoms with Gasteiger partial charge in [-0.3, -0.25) is 4.79 Å². The molecule has 7 N–H and O–H groups in total. The minimum absolute atomic E-state index is 0.0781. The maximum absolute atomic E-state index is 11.9.